The van der Waals surface area contributed by atoms with E-state index in [2.05, 4.69) is 20.2 Å². The number of anilines is 3. The third kappa shape index (κ3) is 4.74. The molecule has 0 aromatic carbocycles. The van der Waals surface area contributed by atoms with Gasteiger partial charge in [-0.15, -0.1) is 0 Å². The van der Waals surface area contributed by atoms with E-state index in [1.165, 1.54) is 12.3 Å². The Hall–Kier alpha value is -3.89. The number of ether oxygens (including phenoxy) is 1. The fraction of sp³-hybridized carbons (Fsp3) is 0.500. The summed E-state index contributed by atoms with van der Waals surface area (Å²) < 4.78 is 22.1. The van der Waals surface area contributed by atoms with Gasteiger partial charge in [-0.25, -0.2) is 23.9 Å². The monoisotopic (exact) mass is 535 g/mol. The summed E-state index contributed by atoms with van der Waals surface area (Å²) in [7, 11) is 0. The largest absolute Gasteiger partial charge is 0.444 e. The van der Waals surface area contributed by atoms with Crippen molar-refractivity contribution < 1.29 is 18.7 Å². The van der Waals surface area contributed by atoms with Gasteiger partial charge in [0, 0.05) is 55.5 Å². The molecule has 3 aliphatic heterocycles. The number of hydrogen-bond donors (Lipinski definition) is 1. The van der Waals surface area contributed by atoms with Gasteiger partial charge in [-0.05, 0) is 59.4 Å². The Kier molecular flexibility index (Phi) is 6.11. The number of nitrogens with zero attached hydrogens (tertiary/aromatic N) is 6. The van der Waals surface area contributed by atoms with E-state index < -0.39 is 17.4 Å². The molecule has 2 bridgehead atoms. The van der Waals surface area contributed by atoms with Crippen LogP contribution >= 0.6 is 0 Å². The zero-order chi connectivity index (χ0) is 27.5. The number of aromatic nitrogens is 3. The van der Waals surface area contributed by atoms with Gasteiger partial charge in [-0.2, -0.15) is 0 Å². The topological polar surface area (TPSA) is 95.3 Å². The summed E-state index contributed by atoms with van der Waals surface area (Å²) in [5, 5.41) is 2.71. The first-order valence-electron chi connectivity index (χ1n) is 13.5. The molecule has 11 heteroatoms. The predicted molar refractivity (Wildman–Crippen MR) is 146 cm³/mol. The van der Waals surface area contributed by atoms with Crippen molar-refractivity contribution in [3.05, 3.63) is 47.8 Å². The number of carbonyl (C=O) groups is 2. The zero-order valence-corrected chi connectivity index (χ0v) is 22.8. The molecule has 2 atom stereocenters. The van der Waals surface area contributed by atoms with Crippen LogP contribution in [-0.2, 0) is 11.2 Å². The van der Waals surface area contributed by atoms with Crippen molar-refractivity contribution in [1.29, 1.82) is 0 Å². The Morgan fingerprint density at radius 2 is 1.90 bits per heavy atom. The number of piperidine rings is 1. The molecule has 206 valence electrons. The summed E-state index contributed by atoms with van der Waals surface area (Å²) in [6, 6.07) is 3.02. The normalized spacial score (nSPS) is 20.8. The molecule has 2 unspecified atom stereocenters. The summed E-state index contributed by atoms with van der Waals surface area (Å²) in [5.74, 6) is 0.0432. The lowest BCUT2D eigenvalue weighted by Crippen LogP contribution is -2.63. The highest BCUT2D eigenvalue weighted by Gasteiger charge is 2.43. The van der Waals surface area contributed by atoms with Crippen LogP contribution in [0.4, 0.5) is 31.2 Å². The SMILES string of the molecule is Cc1cn2cc(NC(=O)N3CCc4c(N5CC6CCCC(C5)N6C(=O)OC(C)(C)C)ccnc43)c(F)cc2n1. The molecule has 6 rings (SSSR count). The number of pyridine rings is 2. The zero-order valence-electron chi connectivity index (χ0n) is 22.8. The van der Waals surface area contributed by atoms with E-state index in [1.54, 1.807) is 21.7 Å². The van der Waals surface area contributed by atoms with Crippen molar-refractivity contribution in [1.82, 2.24) is 19.3 Å². The Labute approximate surface area is 226 Å². The third-order valence-electron chi connectivity index (χ3n) is 7.67. The number of imidazole rings is 1. The number of rotatable bonds is 2. The average Bonchev–Trinajstić information content (AvgIpc) is 3.44. The number of amides is 3. The van der Waals surface area contributed by atoms with Gasteiger partial charge in [-0.1, -0.05) is 0 Å². The average molecular weight is 536 g/mol. The molecule has 2 fully saturated rings. The van der Waals surface area contributed by atoms with Crippen LogP contribution in [0.5, 0.6) is 0 Å². The standard InChI is InChI=1S/C28H34FN7O3/c1-17-13-34-16-22(21(29)12-24(34)31-17)32-26(37)35-11-9-20-23(8-10-30-25(20)35)33-14-18-6-5-7-19(15-33)36(18)27(38)39-28(2,3)4/h8,10,12-13,16,18-19H,5-7,9,11,14-15H2,1-4H3,(H,32,37). The summed E-state index contributed by atoms with van der Waals surface area (Å²) in [6.07, 6.45) is 8.39. The second-order valence-corrected chi connectivity index (χ2v) is 11.7. The van der Waals surface area contributed by atoms with Gasteiger partial charge >= 0.3 is 12.1 Å². The molecule has 6 heterocycles. The summed E-state index contributed by atoms with van der Waals surface area (Å²) in [5.41, 5.74) is 2.83. The van der Waals surface area contributed by atoms with E-state index >= 15 is 0 Å². The fourth-order valence-electron chi connectivity index (χ4n) is 6.10. The van der Waals surface area contributed by atoms with Crippen molar-refractivity contribution >= 4 is 35.0 Å². The van der Waals surface area contributed by atoms with Gasteiger partial charge in [0.25, 0.3) is 0 Å². The Morgan fingerprint density at radius 1 is 1.15 bits per heavy atom. The number of hydrogen-bond acceptors (Lipinski definition) is 6. The minimum atomic E-state index is -0.544. The number of halogens is 1. The smallest absolute Gasteiger partial charge is 0.410 e. The first-order valence-corrected chi connectivity index (χ1v) is 13.5. The Bertz CT molecular complexity index is 1430. The highest BCUT2D eigenvalue weighted by atomic mass is 19.1. The minimum Gasteiger partial charge on any atom is -0.444 e. The van der Waals surface area contributed by atoms with Crippen LogP contribution in [0.3, 0.4) is 0 Å². The molecule has 1 N–H and O–H groups in total. The fourth-order valence-corrected chi connectivity index (χ4v) is 6.10. The first kappa shape index (κ1) is 25.4. The number of fused-ring (bicyclic) bond motifs is 4. The number of nitrogens with one attached hydrogen (secondary N) is 1. The Morgan fingerprint density at radius 3 is 2.62 bits per heavy atom. The molecule has 39 heavy (non-hydrogen) atoms. The van der Waals surface area contributed by atoms with Gasteiger partial charge in [-0.3, -0.25) is 9.80 Å². The molecule has 0 spiro atoms. The molecule has 10 nitrogen and oxygen atoms in total. The van der Waals surface area contributed by atoms with Crippen LogP contribution in [0.1, 0.15) is 51.3 Å². The maximum absolute atomic E-state index is 14.7. The first-order chi connectivity index (χ1) is 18.6. The molecular formula is C28H34FN7O3. The Balaban J connectivity index is 1.21. The van der Waals surface area contributed by atoms with E-state index in [0.29, 0.717) is 37.5 Å². The van der Waals surface area contributed by atoms with Crippen molar-refractivity contribution in [2.24, 2.45) is 0 Å². The minimum absolute atomic E-state index is 0.0710. The quantitative estimate of drug-likeness (QED) is 0.509. The van der Waals surface area contributed by atoms with Gasteiger partial charge in [0.15, 0.2) is 5.82 Å². The van der Waals surface area contributed by atoms with E-state index in [-0.39, 0.29) is 23.9 Å². The van der Waals surface area contributed by atoms with Gasteiger partial charge in [0.1, 0.15) is 17.1 Å². The molecule has 3 aliphatic rings. The number of carbonyl (C=O) groups excluding carboxylic acids is 2. The molecule has 0 saturated carbocycles. The molecule has 3 aromatic rings. The summed E-state index contributed by atoms with van der Waals surface area (Å²) in [6.45, 7) is 9.36. The molecule has 0 aliphatic carbocycles. The van der Waals surface area contributed by atoms with Gasteiger partial charge in [0.2, 0.25) is 0 Å². The lowest BCUT2D eigenvalue weighted by molar-refractivity contribution is -0.00970. The van der Waals surface area contributed by atoms with E-state index in [1.807, 2.05) is 38.7 Å². The number of urea groups is 1. The molecular weight excluding hydrogens is 501 g/mol. The van der Waals surface area contributed by atoms with Crippen molar-refractivity contribution in [3.8, 4) is 0 Å². The van der Waals surface area contributed by atoms with Crippen LogP contribution in [0, 0.1) is 12.7 Å². The van der Waals surface area contributed by atoms with Gasteiger partial charge < -0.3 is 19.4 Å². The highest BCUT2D eigenvalue weighted by Crippen LogP contribution is 2.38. The molecule has 2 saturated heterocycles. The van der Waals surface area contributed by atoms with Crippen molar-refractivity contribution in [2.45, 2.75) is 71.1 Å². The highest BCUT2D eigenvalue weighted by molar-refractivity contribution is 6.03. The second kappa shape index (κ2) is 9.39. The van der Waals surface area contributed by atoms with E-state index in [4.69, 9.17) is 4.74 Å². The third-order valence-corrected chi connectivity index (χ3v) is 7.67. The molecule has 3 amide bonds. The van der Waals surface area contributed by atoms with E-state index in [0.717, 1.165) is 36.2 Å². The van der Waals surface area contributed by atoms with Crippen LogP contribution in [0.2, 0.25) is 0 Å². The molecule has 3 aromatic heterocycles. The van der Waals surface area contributed by atoms with Crippen molar-refractivity contribution in [3.63, 3.8) is 0 Å². The lowest BCUT2D eigenvalue weighted by atomic mass is 9.91. The van der Waals surface area contributed by atoms with E-state index in [9.17, 15) is 14.0 Å². The molecule has 0 radical (unpaired) electrons. The van der Waals surface area contributed by atoms with Crippen LogP contribution in [-0.4, -0.2) is 68.7 Å². The predicted octanol–water partition coefficient (Wildman–Crippen LogP) is 4.75. The maximum atomic E-state index is 14.7. The van der Waals surface area contributed by atoms with Crippen LogP contribution in [0.25, 0.3) is 5.65 Å². The van der Waals surface area contributed by atoms with Gasteiger partial charge in [0.05, 0.1) is 23.5 Å². The van der Waals surface area contributed by atoms with Crippen LogP contribution < -0.4 is 15.1 Å². The van der Waals surface area contributed by atoms with Crippen molar-refractivity contribution in [2.75, 3.05) is 34.8 Å². The van der Waals surface area contributed by atoms with Crippen LogP contribution in [0.15, 0.2) is 30.7 Å². The summed E-state index contributed by atoms with van der Waals surface area (Å²) >= 11 is 0. The number of piperazine rings is 1. The summed E-state index contributed by atoms with van der Waals surface area (Å²) in [4.78, 5) is 40.9. The lowest BCUT2D eigenvalue weighted by Gasteiger charge is -2.50. The number of aryl methyl sites for hydroxylation is 1. The maximum Gasteiger partial charge on any atom is 0.410 e. The second-order valence-electron chi connectivity index (χ2n) is 11.7.